The highest BCUT2D eigenvalue weighted by Gasteiger charge is 2.15. The van der Waals surface area contributed by atoms with Gasteiger partial charge < -0.3 is 10.5 Å². The smallest absolute Gasteiger partial charge is 0.153 e. The van der Waals surface area contributed by atoms with Crippen LogP contribution in [-0.4, -0.2) is 17.4 Å². The van der Waals surface area contributed by atoms with Crippen LogP contribution >= 0.6 is 0 Å². The van der Waals surface area contributed by atoms with Gasteiger partial charge in [-0.25, -0.2) is 0 Å². The summed E-state index contributed by atoms with van der Waals surface area (Å²) in [6.45, 7) is 5.79. The lowest BCUT2D eigenvalue weighted by Crippen LogP contribution is -2.09. The van der Waals surface area contributed by atoms with Gasteiger partial charge in [0.1, 0.15) is 17.1 Å². The SMILES string of the molecule is Cc1cc(C=O)c(OC(C)C)c(-c2ccc(N=Nc3ccc4ccccc4c3N)cn2)c1. The first-order chi connectivity index (χ1) is 15.5. The number of benzene rings is 3. The second kappa shape index (κ2) is 8.98. The monoisotopic (exact) mass is 424 g/mol. The molecule has 0 spiro atoms. The van der Waals surface area contributed by atoms with Crippen molar-refractivity contribution in [2.45, 2.75) is 26.9 Å². The van der Waals surface area contributed by atoms with E-state index in [1.807, 2.05) is 81.4 Å². The second-order valence-corrected chi connectivity index (χ2v) is 7.84. The van der Waals surface area contributed by atoms with E-state index >= 15 is 0 Å². The van der Waals surface area contributed by atoms with E-state index in [2.05, 4.69) is 15.2 Å². The molecule has 0 saturated carbocycles. The normalized spacial score (nSPS) is 11.4. The topological polar surface area (TPSA) is 89.9 Å². The zero-order valence-electron chi connectivity index (χ0n) is 18.2. The van der Waals surface area contributed by atoms with Crippen LogP contribution in [0.15, 0.2) is 77.1 Å². The zero-order chi connectivity index (χ0) is 22.7. The molecule has 0 unspecified atom stereocenters. The minimum Gasteiger partial charge on any atom is -0.490 e. The molecule has 4 aromatic rings. The van der Waals surface area contributed by atoms with E-state index in [0.29, 0.717) is 34.1 Å². The van der Waals surface area contributed by atoms with Gasteiger partial charge in [-0.1, -0.05) is 30.3 Å². The van der Waals surface area contributed by atoms with Crippen LogP contribution in [0.5, 0.6) is 5.75 Å². The molecule has 3 aromatic carbocycles. The van der Waals surface area contributed by atoms with Gasteiger partial charge in [0.05, 0.1) is 29.2 Å². The Hall–Kier alpha value is -4.06. The summed E-state index contributed by atoms with van der Waals surface area (Å²) < 4.78 is 5.93. The summed E-state index contributed by atoms with van der Waals surface area (Å²) in [4.78, 5) is 16.1. The molecule has 4 rings (SSSR count). The fraction of sp³-hybridized carbons (Fsp3) is 0.154. The van der Waals surface area contributed by atoms with Crippen LogP contribution in [0.2, 0.25) is 0 Å². The number of nitrogens with two attached hydrogens (primary N) is 1. The molecule has 0 bridgehead atoms. The van der Waals surface area contributed by atoms with E-state index < -0.39 is 0 Å². The molecule has 0 atom stereocenters. The number of aromatic nitrogens is 1. The lowest BCUT2D eigenvalue weighted by Gasteiger charge is -2.17. The van der Waals surface area contributed by atoms with Crippen molar-refractivity contribution < 1.29 is 9.53 Å². The molecule has 0 radical (unpaired) electrons. The highest BCUT2D eigenvalue weighted by atomic mass is 16.5. The number of carbonyl (C=O) groups is 1. The predicted molar refractivity (Wildman–Crippen MR) is 128 cm³/mol. The number of fused-ring (bicyclic) bond motifs is 1. The standard InChI is InChI=1S/C26H24N4O2/c1-16(2)32-26-19(15-31)12-17(3)13-22(26)23-11-9-20(14-28-23)29-30-24-10-8-18-6-4-5-7-21(18)25(24)27/h4-16H,27H2,1-3H3. The first-order valence-electron chi connectivity index (χ1n) is 10.4. The Labute approximate surface area is 186 Å². The molecule has 6 heteroatoms. The van der Waals surface area contributed by atoms with Crippen LogP contribution in [0.3, 0.4) is 0 Å². The molecule has 0 aliphatic carbocycles. The van der Waals surface area contributed by atoms with Gasteiger partial charge in [0.2, 0.25) is 0 Å². The van der Waals surface area contributed by atoms with Crippen molar-refractivity contribution in [3.05, 3.63) is 78.0 Å². The summed E-state index contributed by atoms with van der Waals surface area (Å²) in [5, 5.41) is 10.6. The van der Waals surface area contributed by atoms with Gasteiger partial charge in [-0.3, -0.25) is 9.78 Å². The summed E-state index contributed by atoms with van der Waals surface area (Å²) in [5.74, 6) is 0.534. The molecule has 0 aliphatic rings. The van der Waals surface area contributed by atoms with Crippen molar-refractivity contribution in [2.75, 3.05) is 5.73 Å². The van der Waals surface area contributed by atoms with Gasteiger partial charge in [0, 0.05) is 10.9 Å². The van der Waals surface area contributed by atoms with Crippen molar-refractivity contribution >= 4 is 34.1 Å². The highest BCUT2D eigenvalue weighted by Crippen LogP contribution is 2.35. The minimum atomic E-state index is -0.0735. The summed E-state index contributed by atoms with van der Waals surface area (Å²) in [5.41, 5.74) is 11.0. The van der Waals surface area contributed by atoms with Gasteiger partial charge in [-0.05, 0) is 62.1 Å². The zero-order valence-corrected chi connectivity index (χ0v) is 18.2. The van der Waals surface area contributed by atoms with Crippen LogP contribution in [-0.2, 0) is 0 Å². The first-order valence-corrected chi connectivity index (χ1v) is 10.4. The summed E-state index contributed by atoms with van der Waals surface area (Å²) in [7, 11) is 0. The molecule has 1 aromatic heterocycles. The maximum absolute atomic E-state index is 11.6. The highest BCUT2D eigenvalue weighted by molar-refractivity contribution is 5.98. The fourth-order valence-electron chi connectivity index (χ4n) is 3.53. The number of azo groups is 1. The number of nitrogens with zero attached hydrogens (tertiary/aromatic N) is 3. The Kier molecular flexibility index (Phi) is 5.94. The number of hydrogen-bond donors (Lipinski definition) is 1. The number of anilines is 1. The van der Waals surface area contributed by atoms with Gasteiger partial charge in [0.15, 0.2) is 6.29 Å². The number of ether oxygens (including phenoxy) is 1. The molecule has 2 N–H and O–H groups in total. The lowest BCUT2D eigenvalue weighted by molar-refractivity contribution is 0.111. The van der Waals surface area contributed by atoms with Crippen LogP contribution in [0.1, 0.15) is 29.8 Å². The van der Waals surface area contributed by atoms with E-state index in [4.69, 9.17) is 10.5 Å². The van der Waals surface area contributed by atoms with Crippen LogP contribution in [0, 0.1) is 6.92 Å². The van der Waals surface area contributed by atoms with Gasteiger partial charge in [-0.15, -0.1) is 10.2 Å². The molecular weight excluding hydrogens is 400 g/mol. The molecule has 1 heterocycles. The maximum atomic E-state index is 11.6. The Morgan fingerprint density at radius 2 is 1.84 bits per heavy atom. The molecule has 32 heavy (non-hydrogen) atoms. The number of rotatable bonds is 6. The maximum Gasteiger partial charge on any atom is 0.153 e. The Balaban J connectivity index is 1.65. The number of carbonyl (C=O) groups excluding carboxylic acids is 1. The molecule has 0 fully saturated rings. The molecular formula is C26H24N4O2. The number of pyridine rings is 1. The molecule has 0 amide bonds. The second-order valence-electron chi connectivity index (χ2n) is 7.84. The number of hydrogen-bond acceptors (Lipinski definition) is 6. The minimum absolute atomic E-state index is 0.0735. The molecule has 0 saturated heterocycles. The first kappa shape index (κ1) is 21.2. The average Bonchev–Trinajstić information content (AvgIpc) is 2.80. The Bertz CT molecular complexity index is 1310. The lowest BCUT2D eigenvalue weighted by atomic mass is 10.0. The fourth-order valence-corrected chi connectivity index (χ4v) is 3.53. The number of aryl methyl sites for hydroxylation is 1. The molecule has 0 aliphatic heterocycles. The average molecular weight is 425 g/mol. The third-order valence-corrected chi connectivity index (χ3v) is 4.99. The quantitative estimate of drug-likeness (QED) is 0.209. The van der Waals surface area contributed by atoms with Gasteiger partial charge in [0.25, 0.3) is 0 Å². The van der Waals surface area contributed by atoms with E-state index in [-0.39, 0.29) is 6.10 Å². The predicted octanol–water partition coefficient (Wildman–Crippen LogP) is 6.81. The third kappa shape index (κ3) is 4.34. The van der Waals surface area contributed by atoms with E-state index in [1.165, 1.54) is 0 Å². The van der Waals surface area contributed by atoms with E-state index in [9.17, 15) is 4.79 Å². The van der Waals surface area contributed by atoms with Crippen LogP contribution in [0.4, 0.5) is 17.1 Å². The Morgan fingerprint density at radius 1 is 1.03 bits per heavy atom. The molecule has 6 nitrogen and oxygen atoms in total. The van der Waals surface area contributed by atoms with Gasteiger partial charge in [-0.2, -0.15) is 0 Å². The summed E-state index contributed by atoms with van der Waals surface area (Å²) >= 11 is 0. The van der Waals surface area contributed by atoms with Gasteiger partial charge >= 0.3 is 0 Å². The molecule has 160 valence electrons. The van der Waals surface area contributed by atoms with E-state index in [1.54, 1.807) is 6.20 Å². The van der Waals surface area contributed by atoms with Crippen molar-refractivity contribution in [1.82, 2.24) is 4.98 Å². The van der Waals surface area contributed by atoms with Crippen molar-refractivity contribution in [3.8, 4) is 17.0 Å². The summed E-state index contributed by atoms with van der Waals surface area (Å²) in [6.07, 6.45) is 2.37. The van der Waals surface area contributed by atoms with E-state index in [0.717, 1.165) is 28.2 Å². The number of aldehydes is 1. The van der Waals surface area contributed by atoms with Crippen LogP contribution < -0.4 is 10.5 Å². The van der Waals surface area contributed by atoms with Crippen molar-refractivity contribution in [3.63, 3.8) is 0 Å². The number of nitrogen functional groups attached to an aromatic ring is 1. The summed E-state index contributed by atoms with van der Waals surface area (Å²) in [6, 6.07) is 19.2. The largest absolute Gasteiger partial charge is 0.490 e. The van der Waals surface area contributed by atoms with Crippen molar-refractivity contribution in [1.29, 1.82) is 0 Å². The van der Waals surface area contributed by atoms with Crippen LogP contribution in [0.25, 0.3) is 22.0 Å². The Morgan fingerprint density at radius 3 is 2.56 bits per heavy atom. The van der Waals surface area contributed by atoms with Crippen molar-refractivity contribution in [2.24, 2.45) is 10.2 Å². The third-order valence-electron chi connectivity index (χ3n) is 4.99.